The number of benzene rings is 1. The Morgan fingerprint density at radius 1 is 1.26 bits per heavy atom. The van der Waals surface area contributed by atoms with Gasteiger partial charge in [0.25, 0.3) is 0 Å². The number of hydrogen-bond acceptors (Lipinski definition) is 1. The van der Waals surface area contributed by atoms with E-state index in [1.165, 1.54) is 11.1 Å². The van der Waals surface area contributed by atoms with E-state index in [1.54, 1.807) is 0 Å². The van der Waals surface area contributed by atoms with Gasteiger partial charge in [-0.2, -0.15) is 0 Å². The van der Waals surface area contributed by atoms with E-state index < -0.39 is 0 Å². The largest absolute Gasteiger partial charge is 0.314 e. The van der Waals surface area contributed by atoms with Gasteiger partial charge in [-0.05, 0) is 37.8 Å². The Morgan fingerprint density at radius 2 is 1.89 bits per heavy atom. The van der Waals surface area contributed by atoms with Crippen LogP contribution in [0, 0.1) is 12.8 Å². The Kier molecular flexibility index (Phi) is 3.71. The van der Waals surface area contributed by atoms with Gasteiger partial charge in [-0.1, -0.05) is 44.4 Å². The summed E-state index contributed by atoms with van der Waals surface area (Å²) in [6.45, 7) is 8.66. The third kappa shape index (κ3) is 2.18. The van der Waals surface area contributed by atoms with Crippen LogP contribution in [-0.2, 0) is 10.2 Å². The van der Waals surface area contributed by atoms with Crippen LogP contribution >= 0.6 is 0 Å². The summed E-state index contributed by atoms with van der Waals surface area (Å²) < 4.78 is 0. The Hall–Kier alpha value is -1.31. The summed E-state index contributed by atoms with van der Waals surface area (Å²) in [6.07, 6.45) is 3.24. The average Bonchev–Trinajstić information content (AvgIpc) is 2.59. The quantitative estimate of drug-likeness (QED) is 0.798. The molecule has 0 spiro atoms. The molecule has 0 aliphatic carbocycles. The number of anilines is 1. The van der Waals surface area contributed by atoms with Crippen molar-refractivity contribution in [3.8, 4) is 0 Å². The zero-order valence-electron chi connectivity index (χ0n) is 12.8. The first-order chi connectivity index (χ1) is 8.93. The number of nitrogens with zero attached hydrogens (tertiary/aromatic N) is 1. The third-order valence-corrected chi connectivity index (χ3v) is 4.74. The molecule has 1 amide bonds. The predicted molar refractivity (Wildman–Crippen MR) is 80.6 cm³/mol. The van der Waals surface area contributed by atoms with Gasteiger partial charge in [0.2, 0.25) is 5.91 Å². The van der Waals surface area contributed by atoms with Crippen molar-refractivity contribution in [2.75, 3.05) is 11.9 Å². The van der Waals surface area contributed by atoms with Gasteiger partial charge in [0.05, 0.1) is 5.41 Å². The fraction of sp³-hybridized carbons (Fsp3) is 0.588. The van der Waals surface area contributed by atoms with E-state index in [2.05, 4.69) is 45.9 Å². The topological polar surface area (TPSA) is 20.3 Å². The number of aryl methyl sites for hydroxylation is 1. The minimum absolute atomic E-state index is 0.250. The van der Waals surface area contributed by atoms with Crippen molar-refractivity contribution >= 4 is 11.6 Å². The van der Waals surface area contributed by atoms with E-state index in [1.807, 2.05) is 11.9 Å². The summed E-state index contributed by atoms with van der Waals surface area (Å²) in [5.41, 5.74) is 3.20. The van der Waals surface area contributed by atoms with Crippen molar-refractivity contribution in [1.82, 2.24) is 0 Å². The van der Waals surface area contributed by atoms with Gasteiger partial charge in [0, 0.05) is 12.7 Å². The maximum atomic E-state index is 12.7. The highest BCUT2D eigenvalue weighted by Gasteiger charge is 2.46. The maximum absolute atomic E-state index is 12.7. The molecule has 2 heteroatoms. The summed E-state index contributed by atoms with van der Waals surface area (Å²) in [5.74, 6) is 0.869. The molecule has 0 bridgehead atoms. The van der Waals surface area contributed by atoms with Crippen LogP contribution in [-0.4, -0.2) is 13.0 Å². The minimum Gasteiger partial charge on any atom is -0.314 e. The van der Waals surface area contributed by atoms with Crippen molar-refractivity contribution in [2.45, 2.75) is 52.4 Å². The fourth-order valence-corrected chi connectivity index (χ4v) is 3.33. The zero-order chi connectivity index (χ0) is 14.2. The highest BCUT2D eigenvalue weighted by atomic mass is 16.2. The molecule has 1 aromatic carbocycles. The lowest BCUT2D eigenvalue weighted by atomic mass is 9.74. The minimum atomic E-state index is -0.340. The van der Waals surface area contributed by atoms with Gasteiger partial charge in [0.15, 0.2) is 0 Å². The second-order valence-electron chi connectivity index (χ2n) is 6.10. The smallest absolute Gasteiger partial charge is 0.237 e. The van der Waals surface area contributed by atoms with E-state index in [0.29, 0.717) is 5.92 Å². The van der Waals surface area contributed by atoms with Gasteiger partial charge in [0.1, 0.15) is 0 Å². The van der Waals surface area contributed by atoms with Crippen LogP contribution < -0.4 is 4.90 Å². The van der Waals surface area contributed by atoms with Crippen molar-refractivity contribution in [2.24, 2.45) is 5.92 Å². The van der Waals surface area contributed by atoms with Gasteiger partial charge in [-0.25, -0.2) is 0 Å². The van der Waals surface area contributed by atoms with E-state index in [0.717, 1.165) is 24.9 Å². The highest BCUT2D eigenvalue weighted by molar-refractivity contribution is 6.07. The molecule has 1 aliphatic rings. The van der Waals surface area contributed by atoms with Crippen LogP contribution in [0.15, 0.2) is 18.2 Å². The first kappa shape index (κ1) is 14.1. The van der Waals surface area contributed by atoms with Crippen LogP contribution in [0.4, 0.5) is 5.69 Å². The molecule has 1 aromatic rings. The van der Waals surface area contributed by atoms with Crippen molar-refractivity contribution in [1.29, 1.82) is 0 Å². The molecule has 19 heavy (non-hydrogen) atoms. The highest BCUT2D eigenvalue weighted by Crippen LogP contribution is 2.45. The molecule has 0 radical (unpaired) electrons. The molecule has 2 nitrogen and oxygen atoms in total. The molecular weight excluding hydrogens is 234 g/mol. The molecular formula is C17H25NO. The molecule has 0 fully saturated rings. The third-order valence-electron chi connectivity index (χ3n) is 4.74. The lowest BCUT2D eigenvalue weighted by molar-refractivity contribution is -0.123. The van der Waals surface area contributed by atoms with Crippen LogP contribution in [0.25, 0.3) is 0 Å². The number of carbonyl (C=O) groups is 1. The first-order valence-electron chi connectivity index (χ1n) is 7.33. The van der Waals surface area contributed by atoms with Crippen LogP contribution in [0.1, 0.15) is 51.2 Å². The number of rotatable bonds is 4. The van der Waals surface area contributed by atoms with Gasteiger partial charge >= 0.3 is 0 Å². The Bertz CT molecular complexity index is 490. The van der Waals surface area contributed by atoms with Crippen LogP contribution in [0.2, 0.25) is 0 Å². The summed E-state index contributed by atoms with van der Waals surface area (Å²) in [6, 6.07) is 6.37. The molecule has 2 rings (SSSR count). The predicted octanol–water partition coefficient (Wildman–Crippen LogP) is 4.06. The second kappa shape index (κ2) is 4.99. The van der Waals surface area contributed by atoms with E-state index in [4.69, 9.17) is 0 Å². The van der Waals surface area contributed by atoms with Gasteiger partial charge < -0.3 is 4.90 Å². The summed E-state index contributed by atoms with van der Waals surface area (Å²) in [7, 11) is 1.90. The van der Waals surface area contributed by atoms with Gasteiger partial charge in [-0.15, -0.1) is 0 Å². The molecule has 1 atom stereocenters. The molecule has 1 aliphatic heterocycles. The number of amides is 1. The van der Waals surface area contributed by atoms with E-state index >= 15 is 0 Å². The fourth-order valence-electron chi connectivity index (χ4n) is 3.33. The molecule has 104 valence electrons. The summed E-state index contributed by atoms with van der Waals surface area (Å²) >= 11 is 0. The van der Waals surface area contributed by atoms with Crippen molar-refractivity contribution in [3.05, 3.63) is 29.3 Å². The lowest BCUT2D eigenvalue weighted by Gasteiger charge is -2.27. The lowest BCUT2D eigenvalue weighted by Crippen LogP contribution is -2.37. The first-order valence-corrected chi connectivity index (χ1v) is 7.33. The molecule has 0 saturated heterocycles. The molecule has 1 unspecified atom stereocenters. The van der Waals surface area contributed by atoms with Crippen molar-refractivity contribution in [3.63, 3.8) is 0 Å². The van der Waals surface area contributed by atoms with Crippen LogP contribution in [0.3, 0.4) is 0 Å². The van der Waals surface area contributed by atoms with E-state index in [9.17, 15) is 4.79 Å². The SMILES string of the molecule is CCC(CC)CC1(C)C(=O)N(C)c2ccc(C)cc21. The Balaban J connectivity index is 2.46. The average molecular weight is 259 g/mol. The van der Waals surface area contributed by atoms with Crippen molar-refractivity contribution < 1.29 is 4.79 Å². The van der Waals surface area contributed by atoms with Crippen LogP contribution in [0.5, 0.6) is 0 Å². The summed E-state index contributed by atoms with van der Waals surface area (Å²) in [5, 5.41) is 0. The summed E-state index contributed by atoms with van der Waals surface area (Å²) in [4.78, 5) is 14.5. The standard InChI is InChI=1S/C17H25NO/c1-6-13(7-2)11-17(4)14-10-12(3)8-9-15(14)18(5)16(17)19/h8-10,13H,6-7,11H2,1-5H3. The Labute approximate surface area is 116 Å². The molecule has 1 heterocycles. The number of carbonyl (C=O) groups excluding carboxylic acids is 1. The molecule has 0 saturated carbocycles. The van der Waals surface area contributed by atoms with E-state index in [-0.39, 0.29) is 11.3 Å². The number of likely N-dealkylation sites (N-methyl/N-ethyl adjacent to an activating group) is 1. The zero-order valence-corrected chi connectivity index (χ0v) is 12.8. The molecule has 0 aromatic heterocycles. The normalized spacial score (nSPS) is 22.2. The number of fused-ring (bicyclic) bond motifs is 1. The second-order valence-corrected chi connectivity index (χ2v) is 6.10. The Morgan fingerprint density at radius 3 is 2.47 bits per heavy atom. The molecule has 0 N–H and O–H groups in total. The monoisotopic (exact) mass is 259 g/mol. The number of hydrogen-bond donors (Lipinski definition) is 0. The van der Waals surface area contributed by atoms with Gasteiger partial charge in [-0.3, -0.25) is 4.79 Å². The maximum Gasteiger partial charge on any atom is 0.237 e.